The van der Waals surface area contributed by atoms with Gasteiger partial charge in [0.05, 0.1) is 0 Å². The van der Waals surface area contributed by atoms with E-state index >= 15 is 0 Å². The van der Waals surface area contributed by atoms with Crippen LogP contribution in [0.25, 0.3) is 0 Å². The van der Waals surface area contributed by atoms with Gasteiger partial charge in [-0.15, -0.1) is 0 Å². The van der Waals surface area contributed by atoms with Crippen molar-refractivity contribution in [3.63, 3.8) is 0 Å². The Bertz CT molecular complexity index is 629. The van der Waals surface area contributed by atoms with Gasteiger partial charge in [-0.2, -0.15) is 0 Å². The van der Waals surface area contributed by atoms with Crippen molar-refractivity contribution in [3.8, 4) is 0 Å². The molecule has 1 heterocycles. The molecule has 0 radical (unpaired) electrons. The summed E-state index contributed by atoms with van der Waals surface area (Å²) >= 11 is 0. The molecule has 0 aromatic heterocycles. The molecule has 1 saturated heterocycles. The molecule has 5 nitrogen and oxygen atoms in total. The van der Waals surface area contributed by atoms with Crippen LogP contribution in [0.15, 0.2) is 18.2 Å². The lowest BCUT2D eigenvalue weighted by atomic mass is 10.00. The van der Waals surface area contributed by atoms with E-state index in [4.69, 9.17) is 0 Å². The second-order valence-corrected chi connectivity index (χ2v) is 7.48. The van der Waals surface area contributed by atoms with Gasteiger partial charge in [-0.25, -0.2) is 4.79 Å². The van der Waals surface area contributed by atoms with Crippen molar-refractivity contribution >= 4 is 11.9 Å². The predicted octanol–water partition coefficient (Wildman–Crippen LogP) is 2.74. The summed E-state index contributed by atoms with van der Waals surface area (Å²) in [7, 11) is 1.83. The number of amides is 3. The molecule has 25 heavy (non-hydrogen) atoms. The summed E-state index contributed by atoms with van der Waals surface area (Å²) in [5.74, 6) is 0.492. The number of likely N-dealkylation sites (tertiary alicyclic amines) is 1. The van der Waals surface area contributed by atoms with Crippen LogP contribution >= 0.6 is 0 Å². The molecule has 2 rings (SSSR count). The fraction of sp³-hybridized carbons (Fsp3) is 0.600. The van der Waals surface area contributed by atoms with Crippen LogP contribution in [-0.4, -0.2) is 54.5 Å². The minimum absolute atomic E-state index is 0.0430. The molecular weight excluding hydrogens is 314 g/mol. The van der Waals surface area contributed by atoms with E-state index in [1.807, 2.05) is 18.9 Å². The fourth-order valence-corrected chi connectivity index (χ4v) is 3.51. The third-order valence-corrected chi connectivity index (χ3v) is 5.00. The Morgan fingerprint density at radius 1 is 1.36 bits per heavy atom. The molecule has 0 spiro atoms. The fourth-order valence-electron chi connectivity index (χ4n) is 3.51. The van der Waals surface area contributed by atoms with Crippen molar-refractivity contribution < 1.29 is 9.59 Å². The molecule has 0 unspecified atom stereocenters. The van der Waals surface area contributed by atoms with Crippen molar-refractivity contribution in [2.45, 2.75) is 46.6 Å². The maximum atomic E-state index is 12.4. The van der Waals surface area contributed by atoms with E-state index in [0.29, 0.717) is 12.5 Å². The molecule has 0 saturated carbocycles. The van der Waals surface area contributed by atoms with E-state index in [9.17, 15) is 9.59 Å². The number of benzene rings is 1. The van der Waals surface area contributed by atoms with Gasteiger partial charge >= 0.3 is 6.03 Å². The van der Waals surface area contributed by atoms with E-state index in [1.165, 1.54) is 16.7 Å². The van der Waals surface area contributed by atoms with Crippen LogP contribution in [0.5, 0.6) is 0 Å². The van der Waals surface area contributed by atoms with Crippen molar-refractivity contribution in [3.05, 3.63) is 34.9 Å². The van der Waals surface area contributed by atoms with Gasteiger partial charge in [0.25, 0.3) is 0 Å². The Labute approximate surface area is 151 Å². The molecule has 5 heteroatoms. The summed E-state index contributed by atoms with van der Waals surface area (Å²) in [5, 5.41) is 3.08. The zero-order valence-corrected chi connectivity index (χ0v) is 16.1. The van der Waals surface area contributed by atoms with E-state index in [-0.39, 0.29) is 18.0 Å². The summed E-state index contributed by atoms with van der Waals surface area (Å²) in [6.45, 7) is 10.1. The molecule has 1 N–H and O–H groups in total. The van der Waals surface area contributed by atoms with E-state index in [1.54, 1.807) is 11.8 Å². The first kappa shape index (κ1) is 19.3. The molecule has 1 aromatic rings. The molecule has 138 valence electrons. The first-order valence-corrected chi connectivity index (χ1v) is 9.09. The van der Waals surface area contributed by atoms with Crippen LogP contribution < -0.4 is 5.32 Å². The normalized spacial score (nSPS) is 18.1. The maximum absolute atomic E-state index is 12.4. The topological polar surface area (TPSA) is 52.7 Å². The van der Waals surface area contributed by atoms with Gasteiger partial charge in [-0.3, -0.25) is 4.79 Å². The number of carbonyl (C=O) groups excluding carboxylic acids is 2. The van der Waals surface area contributed by atoms with Crippen LogP contribution in [0, 0.1) is 19.8 Å². The van der Waals surface area contributed by atoms with Gasteiger partial charge in [0.1, 0.15) is 0 Å². The average molecular weight is 345 g/mol. The molecule has 2 atom stereocenters. The van der Waals surface area contributed by atoms with Gasteiger partial charge in [0.2, 0.25) is 5.91 Å². The van der Waals surface area contributed by atoms with Gasteiger partial charge in [-0.1, -0.05) is 23.8 Å². The quantitative estimate of drug-likeness (QED) is 0.892. The summed E-state index contributed by atoms with van der Waals surface area (Å²) in [6, 6.07) is 6.47. The molecule has 3 amide bonds. The highest BCUT2D eigenvalue weighted by atomic mass is 16.2. The third kappa shape index (κ3) is 5.48. The Morgan fingerprint density at radius 3 is 2.68 bits per heavy atom. The van der Waals surface area contributed by atoms with Crippen LogP contribution in [0.1, 0.15) is 37.0 Å². The molecular formula is C20H31N3O2. The first-order chi connectivity index (χ1) is 11.8. The van der Waals surface area contributed by atoms with Crippen LogP contribution in [0.4, 0.5) is 4.79 Å². The molecule has 1 aromatic carbocycles. The van der Waals surface area contributed by atoms with E-state index in [2.05, 4.69) is 37.4 Å². The van der Waals surface area contributed by atoms with Crippen molar-refractivity contribution in [1.29, 1.82) is 0 Å². The highest BCUT2D eigenvalue weighted by molar-refractivity contribution is 5.74. The molecule has 1 fully saturated rings. The van der Waals surface area contributed by atoms with Gasteiger partial charge in [0.15, 0.2) is 0 Å². The van der Waals surface area contributed by atoms with Gasteiger partial charge in [0, 0.05) is 39.6 Å². The summed E-state index contributed by atoms with van der Waals surface area (Å²) in [6.07, 6.45) is 1.79. The Hall–Kier alpha value is -2.04. The van der Waals surface area contributed by atoms with Gasteiger partial charge in [-0.05, 0) is 50.7 Å². The Balaban J connectivity index is 1.81. The highest BCUT2D eigenvalue weighted by Crippen LogP contribution is 2.17. The Kier molecular flexibility index (Phi) is 6.45. The predicted molar refractivity (Wildman–Crippen MR) is 101 cm³/mol. The van der Waals surface area contributed by atoms with Crippen molar-refractivity contribution in [2.24, 2.45) is 5.92 Å². The third-order valence-electron chi connectivity index (χ3n) is 5.00. The lowest BCUT2D eigenvalue weighted by molar-refractivity contribution is -0.127. The number of urea groups is 1. The summed E-state index contributed by atoms with van der Waals surface area (Å²) in [5.41, 5.74) is 3.80. The zero-order valence-electron chi connectivity index (χ0n) is 16.1. The smallest absolute Gasteiger partial charge is 0.317 e. The van der Waals surface area contributed by atoms with E-state index < -0.39 is 0 Å². The number of hydrogen-bond acceptors (Lipinski definition) is 2. The molecule has 0 aliphatic carbocycles. The van der Waals surface area contributed by atoms with Crippen LogP contribution in [0.3, 0.4) is 0 Å². The highest BCUT2D eigenvalue weighted by Gasteiger charge is 2.26. The largest absolute Gasteiger partial charge is 0.343 e. The summed E-state index contributed by atoms with van der Waals surface area (Å²) < 4.78 is 0. The minimum atomic E-state index is -0.0430. The first-order valence-electron chi connectivity index (χ1n) is 9.09. The molecule has 1 aliphatic rings. The van der Waals surface area contributed by atoms with Crippen LogP contribution in [-0.2, 0) is 11.2 Å². The lowest BCUT2D eigenvalue weighted by Crippen LogP contribution is -2.44. The second kappa shape index (κ2) is 8.37. The van der Waals surface area contributed by atoms with Crippen molar-refractivity contribution in [1.82, 2.24) is 15.1 Å². The number of aryl methyl sites for hydroxylation is 2. The van der Waals surface area contributed by atoms with Crippen LogP contribution in [0.2, 0.25) is 0 Å². The van der Waals surface area contributed by atoms with E-state index in [0.717, 1.165) is 25.9 Å². The number of rotatable bonds is 5. The maximum Gasteiger partial charge on any atom is 0.317 e. The second-order valence-electron chi connectivity index (χ2n) is 7.48. The lowest BCUT2D eigenvalue weighted by Gasteiger charge is -2.24. The minimum Gasteiger partial charge on any atom is -0.343 e. The van der Waals surface area contributed by atoms with Crippen molar-refractivity contribution in [2.75, 3.05) is 26.7 Å². The summed E-state index contributed by atoms with van der Waals surface area (Å²) in [4.78, 5) is 27.4. The number of carbonyl (C=O) groups is 2. The number of hydrogen-bond donors (Lipinski definition) is 1. The SMILES string of the molecule is CC(=O)N1CC[C@H](CN(C)C(=O)N[C@H](C)Cc2ccc(C)cc2C)C1. The monoisotopic (exact) mass is 345 g/mol. The molecule has 1 aliphatic heterocycles. The van der Waals surface area contributed by atoms with Gasteiger partial charge < -0.3 is 15.1 Å². The standard InChI is InChI=1S/C20H31N3O2/c1-14-6-7-19(15(2)10-14)11-16(3)21-20(25)22(5)12-18-8-9-23(13-18)17(4)24/h6-7,10,16,18H,8-9,11-13H2,1-5H3,(H,21,25)/t16-,18-/m1/s1. The number of nitrogens with zero attached hydrogens (tertiary/aromatic N) is 2. The Morgan fingerprint density at radius 2 is 2.08 bits per heavy atom. The average Bonchev–Trinajstić information content (AvgIpc) is 2.98. The zero-order chi connectivity index (χ0) is 18.6. The molecule has 0 bridgehead atoms. The number of nitrogens with one attached hydrogen (secondary N) is 1.